The zero-order valence-electron chi connectivity index (χ0n) is 15.0. The molecule has 0 radical (unpaired) electrons. The molecule has 8 nitrogen and oxygen atoms in total. The first-order chi connectivity index (χ1) is 12.7. The van der Waals surface area contributed by atoms with E-state index in [1.807, 2.05) is 16.9 Å². The fraction of sp³-hybridized carbons (Fsp3) is 0.778. The van der Waals surface area contributed by atoms with Crippen LogP contribution < -0.4 is 0 Å². The number of fused-ring (bicyclic) bond motifs is 1. The molecule has 2 aliphatic heterocycles. The average molecular weight is 367 g/mol. The standard InChI is InChI=1S/C17H27N3O3.CH2O2/c21-16-10-14-12-19(6-3-17-22-7-2-8-23-17)11-13(14)9-15(16)20-5-1-4-18-20;2-1-3/h1,4-5,13-17,21H,2-3,6-12H2;1H,(H,2,3)/t13-,14+,15-,16-;/m1./s1. The number of hydrogen-bond donors (Lipinski definition) is 2. The van der Waals surface area contributed by atoms with Crippen molar-refractivity contribution in [3.05, 3.63) is 18.5 Å². The average Bonchev–Trinajstić information content (AvgIpc) is 3.30. The van der Waals surface area contributed by atoms with Crippen LogP contribution in [0.4, 0.5) is 0 Å². The molecule has 1 aromatic heterocycles. The summed E-state index contributed by atoms with van der Waals surface area (Å²) in [7, 11) is 0. The number of aliphatic hydroxyl groups excluding tert-OH is 1. The van der Waals surface area contributed by atoms with Gasteiger partial charge in [0.2, 0.25) is 0 Å². The maximum Gasteiger partial charge on any atom is 0.290 e. The number of nitrogens with zero attached hydrogens (tertiary/aromatic N) is 3. The minimum Gasteiger partial charge on any atom is -0.483 e. The topological polar surface area (TPSA) is 97.0 Å². The third-order valence-electron chi connectivity index (χ3n) is 5.63. The molecule has 1 saturated carbocycles. The lowest BCUT2D eigenvalue weighted by Crippen LogP contribution is -2.36. The van der Waals surface area contributed by atoms with Crippen LogP contribution in [0, 0.1) is 11.8 Å². The van der Waals surface area contributed by atoms with E-state index >= 15 is 0 Å². The summed E-state index contributed by atoms with van der Waals surface area (Å²) in [5, 5.41) is 21.7. The molecule has 4 rings (SSSR count). The summed E-state index contributed by atoms with van der Waals surface area (Å²) < 4.78 is 13.2. The number of aliphatic hydroxyl groups is 1. The van der Waals surface area contributed by atoms with E-state index in [0.717, 1.165) is 58.5 Å². The van der Waals surface area contributed by atoms with Gasteiger partial charge in [-0.2, -0.15) is 5.10 Å². The van der Waals surface area contributed by atoms with Crippen LogP contribution in [-0.4, -0.2) is 76.6 Å². The van der Waals surface area contributed by atoms with Crippen LogP contribution in [-0.2, 0) is 14.3 Å². The fourth-order valence-corrected chi connectivity index (χ4v) is 4.44. The molecule has 2 saturated heterocycles. The Morgan fingerprint density at radius 1 is 1.19 bits per heavy atom. The Labute approximate surface area is 153 Å². The van der Waals surface area contributed by atoms with Gasteiger partial charge in [0, 0.05) is 38.4 Å². The van der Waals surface area contributed by atoms with Gasteiger partial charge in [-0.3, -0.25) is 9.48 Å². The minimum absolute atomic E-state index is 0.0196. The molecule has 146 valence electrons. The van der Waals surface area contributed by atoms with Crippen molar-refractivity contribution < 1.29 is 24.5 Å². The Morgan fingerprint density at radius 2 is 1.88 bits per heavy atom. The molecular formula is C18H29N3O5. The van der Waals surface area contributed by atoms with Gasteiger partial charge in [0.1, 0.15) is 0 Å². The molecule has 1 aromatic rings. The molecule has 3 heterocycles. The molecule has 0 aromatic carbocycles. The summed E-state index contributed by atoms with van der Waals surface area (Å²) >= 11 is 0. The first kappa shape index (κ1) is 19.3. The van der Waals surface area contributed by atoms with Gasteiger partial charge >= 0.3 is 0 Å². The summed E-state index contributed by atoms with van der Waals surface area (Å²) in [6, 6.07) is 2.07. The van der Waals surface area contributed by atoms with Gasteiger partial charge in [-0.25, -0.2) is 0 Å². The third-order valence-corrected chi connectivity index (χ3v) is 5.63. The van der Waals surface area contributed by atoms with E-state index in [1.165, 1.54) is 0 Å². The molecule has 0 spiro atoms. The Balaban J connectivity index is 0.000000613. The number of ether oxygens (including phenoxy) is 2. The van der Waals surface area contributed by atoms with E-state index in [-0.39, 0.29) is 24.9 Å². The quantitative estimate of drug-likeness (QED) is 0.766. The number of aromatic nitrogens is 2. The van der Waals surface area contributed by atoms with Crippen molar-refractivity contribution in [2.75, 3.05) is 32.8 Å². The highest BCUT2D eigenvalue weighted by atomic mass is 16.7. The monoisotopic (exact) mass is 367 g/mol. The zero-order chi connectivity index (χ0) is 18.4. The molecule has 0 amide bonds. The molecular weight excluding hydrogens is 338 g/mol. The number of carboxylic acid groups (broad SMARTS) is 1. The first-order valence-electron chi connectivity index (χ1n) is 9.42. The highest BCUT2D eigenvalue weighted by molar-refractivity contribution is 5.32. The van der Waals surface area contributed by atoms with E-state index in [2.05, 4.69) is 10.00 Å². The normalized spacial score (nSPS) is 32.5. The molecule has 0 bridgehead atoms. The highest BCUT2D eigenvalue weighted by Crippen LogP contribution is 2.41. The maximum atomic E-state index is 10.5. The number of hydrogen-bond acceptors (Lipinski definition) is 6. The molecule has 2 N–H and O–H groups in total. The number of carbonyl (C=O) groups is 1. The van der Waals surface area contributed by atoms with Gasteiger partial charge in [0.15, 0.2) is 6.29 Å². The van der Waals surface area contributed by atoms with Gasteiger partial charge < -0.3 is 24.6 Å². The lowest BCUT2D eigenvalue weighted by atomic mass is 9.77. The van der Waals surface area contributed by atoms with Gasteiger partial charge in [0.25, 0.3) is 6.47 Å². The van der Waals surface area contributed by atoms with Gasteiger partial charge in [0.05, 0.1) is 25.4 Å². The van der Waals surface area contributed by atoms with Crippen LogP contribution in [0.1, 0.15) is 31.7 Å². The molecule has 0 unspecified atom stereocenters. The van der Waals surface area contributed by atoms with Crippen molar-refractivity contribution in [1.29, 1.82) is 0 Å². The van der Waals surface area contributed by atoms with Crippen molar-refractivity contribution >= 4 is 6.47 Å². The van der Waals surface area contributed by atoms with E-state index in [0.29, 0.717) is 11.8 Å². The highest BCUT2D eigenvalue weighted by Gasteiger charge is 2.42. The summed E-state index contributed by atoms with van der Waals surface area (Å²) in [6.07, 6.45) is 7.35. The first-order valence-corrected chi connectivity index (χ1v) is 9.42. The van der Waals surface area contributed by atoms with Crippen LogP contribution in [0.2, 0.25) is 0 Å². The van der Waals surface area contributed by atoms with E-state index < -0.39 is 0 Å². The largest absolute Gasteiger partial charge is 0.483 e. The smallest absolute Gasteiger partial charge is 0.290 e. The Morgan fingerprint density at radius 3 is 2.54 bits per heavy atom. The van der Waals surface area contributed by atoms with Gasteiger partial charge in [-0.05, 0) is 37.2 Å². The third kappa shape index (κ3) is 4.82. The summed E-state index contributed by atoms with van der Waals surface area (Å²) in [5.41, 5.74) is 0. The molecule has 3 fully saturated rings. The minimum atomic E-state index is -0.277. The van der Waals surface area contributed by atoms with Crippen molar-refractivity contribution in [2.24, 2.45) is 11.8 Å². The SMILES string of the molecule is O=CO.O[C@@H]1C[C@H]2CN(CCC3OCCCO3)C[C@H]2C[C@H]1n1cccn1. The Hall–Kier alpha value is -1.48. The van der Waals surface area contributed by atoms with Crippen molar-refractivity contribution in [2.45, 2.75) is 44.1 Å². The summed E-state index contributed by atoms with van der Waals surface area (Å²) in [6.45, 7) is 4.66. The van der Waals surface area contributed by atoms with Crippen LogP contribution in [0.5, 0.6) is 0 Å². The van der Waals surface area contributed by atoms with Crippen LogP contribution in [0.25, 0.3) is 0 Å². The molecule has 3 aliphatic rings. The van der Waals surface area contributed by atoms with Crippen molar-refractivity contribution in [1.82, 2.24) is 14.7 Å². The number of rotatable bonds is 4. The molecule has 8 heteroatoms. The summed E-state index contributed by atoms with van der Waals surface area (Å²) in [5.74, 6) is 1.28. The second-order valence-electron chi connectivity index (χ2n) is 7.29. The van der Waals surface area contributed by atoms with Crippen LogP contribution >= 0.6 is 0 Å². The lowest BCUT2D eigenvalue weighted by Gasteiger charge is -2.35. The van der Waals surface area contributed by atoms with Crippen molar-refractivity contribution in [3.8, 4) is 0 Å². The predicted octanol–water partition coefficient (Wildman–Crippen LogP) is 0.981. The fourth-order valence-electron chi connectivity index (χ4n) is 4.44. The Kier molecular flexibility index (Phi) is 7.01. The lowest BCUT2D eigenvalue weighted by molar-refractivity contribution is -0.182. The molecule has 26 heavy (non-hydrogen) atoms. The predicted molar refractivity (Wildman–Crippen MR) is 93.5 cm³/mol. The van der Waals surface area contributed by atoms with Gasteiger partial charge in [-0.1, -0.05) is 0 Å². The van der Waals surface area contributed by atoms with E-state index in [4.69, 9.17) is 19.4 Å². The molecule has 1 aliphatic carbocycles. The van der Waals surface area contributed by atoms with Crippen molar-refractivity contribution in [3.63, 3.8) is 0 Å². The number of likely N-dealkylation sites (tertiary alicyclic amines) is 1. The summed E-state index contributed by atoms with van der Waals surface area (Å²) in [4.78, 5) is 10.9. The van der Waals surface area contributed by atoms with Crippen LogP contribution in [0.3, 0.4) is 0 Å². The maximum absolute atomic E-state index is 10.5. The zero-order valence-corrected chi connectivity index (χ0v) is 15.0. The Bertz CT molecular complexity index is 535. The molecule has 4 atom stereocenters. The van der Waals surface area contributed by atoms with Gasteiger partial charge in [-0.15, -0.1) is 0 Å². The van der Waals surface area contributed by atoms with E-state index in [9.17, 15) is 5.11 Å². The second-order valence-corrected chi connectivity index (χ2v) is 7.29. The van der Waals surface area contributed by atoms with Crippen LogP contribution in [0.15, 0.2) is 18.5 Å². The van der Waals surface area contributed by atoms with E-state index in [1.54, 1.807) is 6.20 Å². The second kappa shape index (κ2) is 9.45.